The van der Waals surface area contributed by atoms with E-state index in [0.717, 1.165) is 0 Å². The van der Waals surface area contributed by atoms with Crippen LogP contribution in [0.3, 0.4) is 0 Å². The summed E-state index contributed by atoms with van der Waals surface area (Å²) in [5, 5.41) is 0.482. The minimum absolute atomic E-state index is 0.00606. The van der Waals surface area contributed by atoms with E-state index in [1.165, 1.54) is 42.7 Å². The second kappa shape index (κ2) is 8.53. The van der Waals surface area contributed by atoms with Crippen molar-refractivity contribution in [3.05, 3.63) is 58.6 Å². The second-order valence-corrected chi connectivity index (χ2v) is 7.95. The van der Waals surface area contributed by atoms with Crippen molar-refractivity contribution >= 4 is 27.6 Å². The van der Waals surface area contributed by atoms with Crippen LogP contribution in [-0.2, 0) is 21.3 Å². The van der Waals surface area contributed by atoms with Crippen molar-refractivity contribution in [3.63, 3.8) is 0 Å². The molecule has 0 aliphatic heterocycles. The standard InChI is InChI=1S/C18H20ClNO5S/c1-4-25-18(21)13-6-5-7-16(11-13)26(22,23)20(2)12-14-10-15(19)8-9-17(14)24-3/h5-11H,4,12H2,1-3H3. The van der Waals surface area contributed by atoms with Crippen LogP contribution in [0.1, 0.15) is 22.8 Å². The van der Waals surface area contributed by atoms with E-state index in [1.54, 1.807) is 25.1 Å². The van der Waals surface area contributed by atoms with Gasteiger partial charge in [0.2, 0.25) is 10.0 Å². The molecule has 0 aliphatic rings. The van der Waals surface area contributed by atoms with Gasteiger partial charge in [0.25, 0.3) is 0 Å². The molecule has 0 aromatic heterocycles. The van der Waals surface area contributed by atoms with Gasteiger partial charge in [0.05, 0.1) is 24.2 Å². The SMILES string of the molecule is CCOC(=O)c1cccc(S(=O)(=O)N(C)Cc2cc(Cl)ccc2OC)c1. The zero-order valence-electron chi connectivity index (χ0n) is 14.7. The summed E-state index contributed by atoms with van der Waals surface area (Å²) < 4.78 is 37.1. The molecule has 0 fully saturated rings. The number of sulfonamides is 1. The summed E-state index contributed by atoms with van der Waals surface area (Å²) in [5.74, 6) is -0.0274. The van der Waals surface area contributed by atoms with Crippen LogP contribution < -0.4 is 4.74 Å². The number of hydrogen-bond acceptors (Lipinski definition) is 5. The lowest BCUT2D eigenvalue weighted by Gasteiger charge is -2.19. The fraction of sp³-hybridized carbons (Fsp3) is 0.278. The Morgan fingerprint density at radius 3 is 2.58 bits per heavy atom. The number of carbonyl (C=O) groups excluding carboxylic acids is 1. The first-order valence-corrected chi connectivity index (χ1v) is 9.67. The average Bonchev–Trinajstić information content (AvgIpc) is 2.62. The minimum Gasteiger partial charge on any atom is -0.496 e. The predicted octanol–water partition coefficient (Wildman–Crippen LogP) is 3.35. The summed E-state index contributed by atoms with van der Waals surface area (Å²) in [6, 6.07) is 10.8. The van der Waals surface area contributed by atoms with Gasteiger partial charge in [0, 0.05) is 24.2 Å². The van der Waals surface area contributed by atoms with E-state index in [1.807, 2.05) is 0 Å². The van der Waals surface area contributed by atoms with Crippen LogP contribution in [0.4, 0.5) is 0 Å². The lowest BCUT2D eigenvalue weighted by atomic mass is 10.2. The van der Waals surface area contributed by atoms with E-state index >= 15 is 0 Å². The number of esters is 1. The van der Waals surface area contributed by atoms with Gasteiger partial charge in [-0.25, -0.2) is 13.2 Å². The third kappa shape index (κ3) is 4.55. The normalized spacial score (nSPS) is 11.4. The number of benzene rings is 2. The Kier molecular flexibility index (Phi) is 6.63. The average molecular weight is 398 g/mol. The Bertz CT molecular complexity index is 898. The summed E-state index contributed by atoms with van der Waals surface area (Å²) in [4.78, 5) is 11.8. The van der Waals surface area contributed by atoms with Crippen LogP contribution in [0, 0.1) is 0 Å². The maximum absolute atomic E-state index is 12.9. The third-order valence-corrected chi connectivity index (χ3v) is 5.72. The van der Waals surface area contributed by atoms with Gasteiger partial charge in [0.1, 0.15) is 5.75 Å². The Balaban J connectivity index is 2.31. The van der Waals surface area contributed by atoms with E-state index in [0.29, 0.717) is 16.3 Å². The van der Waals surface area contributed by atoms with Crippen LogP contribution in [0.5, 0.6) is 5.75 Å². The summed E-state index contributed by atoms with van der Waals surface area (Å²) >= 11 is 6.00. The molecule has 0 saturated carbocycles. The molecule has 2 aromatic rings. The lowest BCUT2D eigenvalue weighted by Crippen LogP contribution is -2.27. The van der Waals surface area contributed by atoms with Gasteiger partial charge in [-0.15, -0.1) is 0 Å². The van der Waals surface area contributed by atoms with Gasteiger partial charge in [-0.1, -0.05) is 17.7 Å². The number of ether oxygens (including phenoxy) is 2. The van der Waals surface area contributed by atoms with E-state index < -0.39 is 16.0 Å². The maximum atomic E-state index is 12.9. The quantitative estimate of drug-likeness (QED) is 0.670. The number of carbonyl (C=O) groups is 1. The third-order valence-electron chi connectivity index (χ3n) is 3.69. The van der Waals surface area contributed by atoms with Crippen LogP contribution >= 0.6 is 11.6 Å². The van der Waals surface area contributed by atoms with Crippen molar-refractivity contribution in [2.75, 3.05) is 20.8 Å². The molecular weight excluding hydrogens is 378 g/mol. The molecule has 0 radical (unpaired) electrons. The van der Waals surface area contributed by atoms with Crippen molar-refractivity contribution in [1.29, 1.82) is 0 Å². The molecule has 0 saturated heterocycles. The highest BCUT2D eigenvalue weighted by Gasteiger charge is 2.23. The van der Waals surface area contributed by atoms with Crippen LogP contribution in [0.25, 0.3) is 0 Å². The molecule has 0 heterocycles. The molecule has 0 amide bonds. The topological polar surface area (TPSA) is 72.9 Å². The van der Waals surface area contributed by atoms with Gasteiger partial charge < -0.3 is 9.47 Å². The molecule has 6 nitrogen and oxygen atoms in total. The van der Waals surface area contributed by atoms with E-state index in [4.69, 9.17) is 21.1 Å². The van der Waals surface area contributed by atoms with Crippen LogP contribution in [0.15, 0.2) is 47.4 Å². The molecule has 140 valence electrons. The minimum atomic E-state index is -3.82. The molecule has 8 heteroatoms. The Morgan fingerprint density at radius 1 is 1.19 bits per heavy atom. The van der Waals surface area contributed by atoms with Crippen LogP contribution in [0.2, 0.25) is 5.02 Å². The van der Waals surface area contributed by atoms with Gasteiger partial charge in [-0.2, -0.15) is 4.31 Å². The second-order valence-electron chi connectivity index (χ2n) is 5.47. The first-order valence-electron chi connectivity index (χ1n) is 7.85. The number of methoxy groups -OCH3 is 1. The number of rotatable bonds is 7. The highest BCUT2D eigenvalue weighted by Crippen LogP contribution is 2.26. The maximum Gasteiger partial charge on any atom is 0.338 e. The first-order chi connectivity index (χ1) is 12.3. The van der Waals surface area contributed by atoms with Crippen molar-refractivity contribution in [3.8, 4) is 5.75 Å². The molecule has 0 aliphatic carbocycles. The van der Waals surface area contributed by atoms with Gasteiger partial charge in [-0.3, -0.25) is 0 Å². The summed E-state index contributed by atoms with van der Waals surface area (Å²) in [6.45, 7) is 1.96. The number of halogens is 1. The van der Waals surface area contributed by atoms with E-state index in [9.17, 15) is 13.2 Å². The first kappa shape index (κ1) is 20.2. The molecule has 26 heavy (non-hydrogen) atoms. The largest absolute Gasteiger partial charge is 0.496 e. The lowest BCUT2D eigenvalue weighted by molar-refractivity contribution is 0.0526. The predicted molar refractivity (Wildman–Crippen MR) is 99.1 cm³/mol. The van der Waals surface area contributed by atoms with Crippen LogP contribution in [-0.4, -0.2) is 39.5 Å². The molecule has 0 unspecified atom stereocenters. The van der Waals surface area contributed by atoms with E-state index in [-0.39, 0.29) is 23.6 Å². The van der Waals surface area contributed by atoms with Gasteiger partial charge in [-0.05, 0) is 43.3 Å². The van der Waals surface area contributed by atoms with Crippen molar-refractivity contribution in [1.82, 2.24) is 4.31 Å². The monoisotopic (exact) mass is 397 g/mol. The zero-order valence-corrected chi connectivity index (χ0v) is 16.3. The Morgan fingerprint density at radius 2 is 1.92 bits per heavy atom. The smallest absolute Gasteiger partial charge is 0.338 e. The molecule has 2 rings (SSSR count). The molecule has 0 atom stereocenters. The van der Waals surface area contributed by atoms with Gasteiger partial charge in [0.15, 0.2) is 0 Å². The molecule has 2 aromatic carbocycles. The summed E-state index contributed by atoms with van der Waals surface area (Å²) in [5.41, 5.74) is 0.814. The fourth-order valence-electron chi connectivity index (χ4n) is 2.37. The summed E-state index contributed by atoms with van der Waals surface area (Å²) in [6.07, 6.45) is 0. The number of nitrogens with zero attached hydrogens (tertiary/aromatic N) is 1. The van der Waals surface area contributed by atoms with Crippen molar-refractivity contribution in [2.45, 2.75) is 18.4 Å². The van der Waals surface area contributed by atoms with E-state index in [2.05, 4.69) is 0 Å². The molecule has 0 spiro atoms. The highest BCUT2D eigenvalue weighted by molar-refractivity contribution is 7.89. The van der Waals surface area contributed by atoms with Crippen molar-refractivity contribution < 1.29 is 22.7 Å². The molecular formula is C18H20ClNO5S. The fourth-order valence-corrected chi connectivity index (χ4v) is 3.76. The molecule has 0 bridgehead atoms. The Hall–Kier alpha value is -2.09. The highest BCUT2D eigenvalue weighted by atomic mass is 35.5. The zero-order chi connectivity index (χ0) is 19.3. The molecule has 0 N–H and O–H groups in total. The van der Waals surface area contributed by atoms with Crippen molar-refractivity contribution in [2.24, 2.45) is 0 Å². The van der Waals surface area contributed by atoms with Gasteiger partial charge >= 0.3 is 5.97 Å². The summed E-state index contributed by atoms with van der Waals surface area (Å²) in [7, 11) is -0.864. The number of hydrogen-bond donors (Lipinski definition) is 0. The Labute approximate surface area is 158 Å².